The SMILES string of the molecule is CCOc1ccc(C(=O)Oc2ccc(Br)cc2/C=N\NC(=O)[C@H](C)Oc2ccc(Br)cc2)cc1. The third-order valence-corrected chi connectivity index (χ3v) is 5.47. The predicted molar refractivity (Wildman–Crippen MR) is 137 cm³/mol. The molecule has 0 aromatic heterocycles. The van der Waals surface area contributed by atoms with Gasteiger partial charge >= 0.3 is 5.97 Å². The van der Waals surface area contributed by atoms with Crippen LogP contribution in [0.1, 0.15) is 29.8 Å². The van der Waals surface area contributed by atoms with Crippen LogP contribution in [0.25, 0.3) is 0 Å². The van der Waals surface area contributed by atoms with Gasteiger partial charge in [-0.15, -0.1) is 0 Å². The van der Waals surface area contributed by atoms with Gasteiger partial charge in [-0.05, 0) is 80.6 Å². The molecule has 1 atom stereocenters. The summed E-state index contributed by atoms with van der Waals surface area (Å²) in [6.07, 6.45) is 0.633. The second-order valence-corrected chi connectivity index (χ2v) is 8.81. The Morgan fingerprint density at radius 3 is 2.29 bits per heavy atom. The summed E-state index contributed by atoms with van der Waals surface area (Å²) in [5, 5.41) is 3.99. The Morgan fingerprint density at radius 1 is 0.971 bits per heavy atom. The molecule has 3 rings (SSSR count). The smallest absolute Gasteiger partial charge is 0.343 e. The Morgan fingerprint density at radius 2 is 1.62 bits per heavy atom. The number of hydrogen-bond donors (Lipinski definition) is 1. The van der Waals surface area contributed by atoms with Gasteiger partial charge in [-0.3, -0.25) is 4.79 Å². The monoisotopic (exact) mass is 588 g/mol. The molecule has 1 amide bonds. The van der Waals surface area contributed by atoms with Gasteiger partial charge in [0.25, 0.3) is 5.91 Å². The first kappa shape index (κ1) is 25.5. The first-order chi connectivity index (χ1) is 16.4. The molecule has 3 aromatic rings. The molecule has 3 aromatic carbocycles. The second-order valence-electron chi connectivity index (χ2n) is 6.98. The van der Waals surface area contributed by atoms with Crippen LogP contribution in [0, 0.1) is 0 Å². The number of carbonyl (C=O) groups excluding carboxylic acids is 2. The molecule has 34 heavy (non-hydrogen) atoms. The van der Waals surface area contributed by atoms with Crippen molar-refractivity contribution in [1.82, 2.24) is 5.43 Å². The van der Waals surface area contributed by atoms with E-state index in [9.17, 15) is 9.59 Å². The highest BCUT2D eigenvalue weighted by molar-refractivity contribution is 9.10. The minimum absolute atomic E-state index is 0.291. The molecule has 0 fully saturated rings. The topological polar surface area (TPSA) is 86.2 Å². The Balaban J connectivity index is 1.64. The highest BCUT2D eigenvalue weighted by Gasteiger charge is 2.15. The van der Waals surface area contributed by atoms with Gasteiger partial charge < -0.3 is 14.2 Å². The van der Waals surface area contributed by atoms with Gasteiger partial charge in [0.05, 0.1) is 18.4 Å². The number of carbonyl (C=O) groups is 2. The van der Waals surface area contributed by atoms with Crippen molar-refractivity contribution in [1.29, 1.82) is 0 Å². The summed E-state index contributed by atoms with van der Waals surface area (Å²) in [6.45, 7) is 4.05. The van der Waals surface area contributed by atoms with Crippen molar-refractivity contribution in [3.8, 4) is 17.2 Å². The average Bonchev–Trinajstić information content (AvgIpc) is 2.82. The fourth-order valence-electron chi connectivity index (χ4n) is 2.75. The van der Waals surface area contributed by atoms with Crippen molar-refractivity contribution in [2.24, 2.45) is 5.10 Å². The maximum atomic E-state index is 12.6. The van der Waals surface area contributed by atoms with E-state index in [4.69, 9.17) is 14.2 Å². The molecule has 1 N–H and O–H groups in total. The molecule has 9 heteroatoms. The first-order valence-electron chi connectivity index (χ1n) is 10.4. The lowest BCUT2D eigenvalue weighted by atomic mass is 10.2. The number of ether oxygens (including phenoxy) is 3. The van der Waals surface area contributed by atoms with Crippen molar-refractivity contribution >= 4 is 50.0 Å². The lowest BCUT2D eigenvalue weighted by molar-refractivity contribution is -0.127. The number of esters is 1. The Kier molecular flexibility index (Phi) is 9.24. The largest absolute Gasteiger partial charge is 0.494 e. The molecule has 0 spiro atoms. The fourth-order valence-corrected chi connectivity index (χ4v) is 3.40. The lowest BCUT2D eigenvalue weighted by Crippen LogP contribution is -2.33. The zero-order valence-electron chi connectivity index (χ0n) is 18.5. The van der Waals surface area contributed by atoms with Crippen LogP contribution in [0.2, 0.25) is 0 Å². The number of amides is 1. The van der Waals surface area contributed by atoms with Gasteiger partial charge in [-0.25, -0.2) is 10.2 Å². The summed E-state index contributed by atoms with van der Waals surface area (Å²) in [4.78, 5) is 24.9. The molecule has 0 unspecified atom stereocenters. The quantitative estimate of drug-likeness (QED) is 0.149. The minimum atomic E-state index is -0.766. The van der Waals surface area contributed by atoms with Crippen molar-refractivity contribution in [3.05, 3.63) is 86.8 Å². The van der Waals surface area contributed by atoms with Crippen LogP contribution < -0.4 is 19.6 Å². The number of rotatable bonds is 9. The maximum absolute atomic E-state index is 12.6. The van der Waals surface area contributed by atoms with Crippen LogP contribution in [-0.2, 0) is 4.79 Å². The number of benzene rings is 3. The number of nitrogens with zero attached hydrogens (tertiary/aromatic N) is 1. The first-order valence-corrected chi connectivity index (χ1v) is 11.9. The van der Waals surface area contributed by atoms with Gasteiger partial charge in [-0.2, -0.15) is 5.10 Å². The maximum Gasteiger partial charge on any atom is 0.343 e. The number of halogens is 2. The number of nitrogens with one attached hydrogen (secondary N) is 1. The van der Waals surface area contributed by atoms with Gasteiger partial charge in [0.1, 0.15) is 17.2 Å². The third-order valence-electron chi connectivity index (χ3n) is 4.45. The summed E-state index contributed by atoms with van der Waals surface area (Å²) < 4.78 is 18.2. The van der Waals surface area contributed by atoms with Gasteiger partial charge in [0.2, 0.25) is 0 Å². The average molecular weight is 590 g/mol. The Bertz CT molecular complexity index is 1160. The number of hydrogen-bond acceptors (Lipinski definition) is 6. The van der Waals surface area contributed by atoms with Crippen LogP contribution >= 0.6 is 31.9 Å². The van der Waals surface area contributed by atoms with Gasteiger partial charge in [0.15, 0.2) is 6.10 Å². The highest BCUT2D eigenvalue weighted by Crippen LogP contribution is 2.23. The third kappa shape index (κ3) is 7.43. The van der Waals surface area contributed by atoms with Gasteiger partial charge in [0, 0.05) is 14.5 Å². The fraction of sp³-hybridized carbons (Fsp3) is 0.160. The van der Waals surface area contributed by atoms with Crippen LogP contribution in [0.4, 0.5) is 0 Å². The van der Waals surface area contributed by atoms with Crippen LogP contribution in [0.3, 0.4) is 0 Å². The summed E-state index contributed by atoms with van der Waals surface area (Å²) in [6, 6.07) is 18.9. The van der Waals surface area contributed by atoms with E-state index in [0.717, 1.165) is 8.95 Å². The number of hydrazone groups is 1. The van der Waals surface area contributed by atoms with Crippen molar-refractivity contribution in [2.45, 2.75) is 20.0 Å². The van der Waals surface area contributed by atoms with E-state index < -0.39 is 18.0 Å². The Hall–Kier alpha value is -3.17. The molecule has 0 aliphatic rings. The standard InChI is InChI=1S/C25H22Br2N2O5/c1-3-32-21-9-4-17(5-10-21)25(31)34-23-13-8-20(27)14-18(23)15-28-29-24(30)16(2)33-22-11-6-19(26)7-12-22/h4-16H,3H2,1-2H3,(H,29,30)/b28-15-/t16-/m0/s1. The van der Waals surface area contributed by atoms with Crippen molar-refractivity contribution < 1.29 is 23.8 Å². The van der Waals surface area contributed by atoms with E-state index in [1.54, 1.807) is 61.5 Å². The molecule has 176 valence electrons. The predicted octanol–water partition coefficient (Wildman–Crippen LogP) is 5.75. The summed E-state index contributed by atoms with van der Waals surface area (Å²) >= 11 is 6.74. The molecule has 0 saturated heterocycles. The second kappa shape index (κ2) is 12.3. The lowest BCUT2D eigenvalue weighted by Gasteiger charge is -2.13. The van der Waals surface area contributed by atoms with Crippen LogP contribution in [0.5, 0.6) is 17.2 Å². The van der Waals surface area contributed by atoms with E-state index in [2.05, 4.69) is 42.4 Å². The zero-order chi connectivity index (χ0) is 24.5. The van der Waals surface area contributed by atoms with E-state index in [-0.39, 0.29) is 0 Å². The van der Waals surface area contributed by atoms with Crippen LogP contribution in [0.15, 0.2) is 80.8 Å². The van der Waals surface area contributed by atoms with Crippen molar-refractivity contribution in [3.63, 3.8) is 0 Å². The molecule has 7 nitrogen and oxygen atoms in total. The summed E-state index contributed by atoms with van der Waals surface area (Å²) in [7, 11) is 0. The summed E-state index contributed by atoms with van der Waals surface area (Å²) in [5.41, 5.74) is 3.31. The normalized spacial score (nSPS) is 11.6. The highest BCUT2D eigenvalue weighted by atomic mass is 79.9. The van der Waals surface area contributed by atoms with Crippen LogP contribution in [-0.4, -0.2) is 30.8 Å². The van der Waals surface area contributed by atoms with Gasteiger partial charge in [-0.1, -0.05) is 31.9 Å². The molecule has 0 aliphatic carbocycles. The minimum Gasteiger partial charge on any atom is -0.494 e. The molecule has 0 radical (unpaired) electrons. The van der Waals surface area contributed by atoms with E-state index >= 15 is 0 Å². The molecule has 0 aliphatic heterocycles. The van der Waals surface area contributed by atoms with E-state index in [0.29, 0.717) is 35.0 Å². The van der Waals surface area contributed by atoms with Crippen molar-refractivity contribution in [2.75, 3.05) is 6.61 Å². The molecule has 0 saturated carbocycles. The summed E-state index contributed by atoms with van der Waals surface area (Å²) in [5.74, 6) is 0.567. The molecule has 0 bridgehead atoms. The zero-order valence-corrected chi connectivity index (χ0v) is 21.6. The Labute approximate surface area is 214 Å². The molecular weight excluding hydrogens is 568 g/mol. The van der Waals surface area contributed by atoms with E-state index in [1.165, 1.54) is 6.21 Å². The molecular formula is C25H22Br2N2O5. The molecule has 0 heterocycles. The van der Waals surface area contributed by atoms with E-state index in [1.807, 2.05) is 19.1 Å².